The Morgan fingerprint density at radius 1 is 1.12 bits per heavy atom. The van der Waals surface area contributed by atoms with E-state index in [1.165, 1.54) is 36.8 Å². The maximum atomic E-state index is 3.85. The molecular weight excluding hydrogens is 206 g/mol. The number of benzene rings is 1. The van der Waals surface area contributed by atoms with Gasteiger partial charge in [0.05, 0.1) is 0 Å². The summed E-state index contributed by atoms with van der Waals surface area (Å²) in [7, 11) is 0. The van der Waals surface area contributed by atoms with Crippen LogP contribution in [0, 0.1) is 18.8 Å². The van der Waals surface area contributed by atoms with Gasteiger partial charge in [0.15, 0.2) is 0 Å². The average Bonchev–Trinajstić information content (AvgIpc) is 2.91. The summed E-state index contributed by atoms with van der Waals surface area (Å²) < 4.78 is 0. The van der Waals surface area contributed by atoms with E-state index >= 15 is 0 Å². The van der Waals surface area contributed by atoms with E-state index in [9.17, 15) is 0 Å². The van der Waals surface area contributed by atoms with Gasteiger partial charge in [0.2, 0.25) is 0 Å². The lowest BCUT2D eigenvalue weighted by Crippen LogP contribution is -2.35. The molecule has 1 aromatic carbocycles. The normalized spacial score (nSPS) is 32.9. The van der Waals surface area contributed by atoms with Gasteiger partial charge in [-0.2, -0.15) is 0 Å². The van der Waals surface area contributed by atoms with E-state index in [0.29, 0.717) is 6.04 Å². The maximum absolute atomic E-state index is 3.85. The lowest BCUT2D eigenvalue weighted by molar-refractivity contribution is 0.327. The van der Waals surface area contributed by atoms with Crippen LogP contribution in [0.4, 0.5) is 0 Å². The minimum Gasteiger partial charge on any atom is -0.307 e. The summed E-state index contributed by atoms with van der Waals surface area (Å²) >= 11 is 0. The number of nitrogens with one attached hydrogen (secondary N) is 1. The Morgan fingerprint density at radius 2 is 1.88 bits per heavy atom. The second-order valence-electron chi connectivity index (χ2n) is 6.08. The molecule has 2 aliphatic carbocycles. The fraction of sp³-hybridized carbons (Fsp3) is 0.625. The molecule has 3 unspecified atom stereocenters. The number of hydrogen-bond donors (Lipinski definition) is 1. The SMILES string of the molecule is Cc1ccc([C@@H](C)NC2CC3CCC2C3)cc1. The van der Waals surface area contributed by atoms with Crippen LogP contribution in [0.25, 0.3) is 0 Å². The predicted molar refractivity (Wildman–Crippen MR) is 72.0 cm³/mol. The van der Waals surface area contributed by atoms with Crippen molar-refractivity contribution in [3.05, 3.63) is 35.4 Å². The Hall–Kier alpha value is -0.820. The Balaban J connectivity index is 1.63. The van der Waals surface area contributed by atoms with Crippen LogP contribution in [0.15, 0.2) is 24.3 Å². The van der Waals surface area contributed by atoms with E-state index < -0.39 is 0 Å². The fourth-order valence-corrected chi connectivity index (χ4v) is 3.72. The molecule has 92 valence electrons. The molecule has 2 fully saturated rings. The van der Waals surface area contributed by atoms with Crippen molar-refractivity contribution in [1.29, 1.82) is 0 Å². The molecule has 17 heavy (non-hydrogen) atoms. The number of rotatable bonds is 3. The zero-order chi connectivity index (χ0) is 11.8. The van der Waals surface area contributed by atoms with Crippen LogP contribution in [0.5, 0.6) is 0 Å². The lowest BCUT2D eigenvalue weighted by atomic mass is 9.94. The van der Waals surface area contributed by atoms with Gasteiger partial charge in [0, 0.05) is 12.1 Å². The topological polar surface area (TPSA) is 12.0 Å². The van der Waals surface area contributed by atoms with Crippen LogP contribution in [0.2, 0.25) is 0 Å². The minimum absolute atomic E-state index is 0.500. The van der Waals surface area contributed by atoms with Gasteiger partial charge in [0.25, 0.3) is 0 Å². The molecule has 1 nitrogen and oxygen atoms in total. The van der Waals surface area contributed by atoms with Crippen molar-refractivity contribution in [2.45, 2.75) is 51.6 Å². The smallest absolute Gasteiger partial charge is 0.0294 e. The fourth-order valence-electron chi connectivity index (χ4n) is 3.72. The van der Waals surface area contributed by atoms with E-state index in [-0.39, 0.29) is 0 Å². The molecule has 2 saturated carbocycles. The van der Waals surface area contributed by atoms with Crippen LogP contribution in [-0.4, -0.2) is 6.04 Å². The summed E-state index contributed by atoms with van der Waals surface area (Å²) in [6.07, 6.45) is 5.85. The molecular formula is C16H23N. The van der Waals surface area contributed by atoms with Crippen molar-refractivity contribution in [3.8, 4) is 0 Å². The number of fused-ring (bicyclic) bond motifs is 2. The van der Waals surface area contributed by atoms with Gasteiger partial charge < -0.3 is 5.32 Å². The molecule has 0 aromatic heterocycles. The standard InChI is InChI=1S/C16H23N/c1-11-3-6-14(7-4-11)12(2)17-16-10-13-5-8-15(16)9-13/h3-4,6-7,12-13,15-17H,5,8-10H2,1-2H3/t12-,13?,15?,16?/m1/s1. The van der Waals surface area contributed by atoms with Crippen LogP contribution in [-0.2, 0) is 0 Å². The minimum atomic E-state index is 0.500. The first-order chi connectivity index (χ1) is 8.22. The summed E-state index contributed by atoms with van der Waals surface area (Å²) in [6, 6.07) is 10.2. The third kappa shape index (κ3) is 2.26. The van der Waals surface area contributed by atoms with E-state index in [0.717, 1.165) is 17.9 Å². The molecule has 1 aromatic rings. The maximum Gasteiger partial charge on any atom is 0.0294 e. The zero-order valence-electron chi connectivity index (χ0n) is 10.9. The molecule has 0 amide bonds. The van der Waals surface area contributed by atoms with Crippen molar-refractivity contribution >= 4 is 0 Å². The van der Waals surface area contributed by atoms with Crippen molar-refractivity contribution < 1.29 is 0 Å². The van der Waals surface area contributed by atoms with Crippen molar-refractivity contribution in [2.75, 3.05) is 0 Å². The van der Waals surface area contributed by atoms with Gasteiger partial charge >= 0.3 is 0 Å². The highest BCUT2D eigenvalue weighted by Crippen LogP contribution is 2.45. The highest BCUT2D eigenvalue weighted by atomic mass is 15.0. The Kier molecular flexibility index (Phi) is 2.96. The molecule has 0 aliphatic heterocycles. The quantitative estimate of drug-likeness (QED) is 0.830. The van der Waals surface area contributed by atoms with Gasteiger partial charge in [0.1, 0.15) is 0 Å². The first-order valence-corrected chi connectivity index (χ1v) is 7.05. The second kappa shape index (κ2) is 4.45. The molecule has 0 saturated heterocycles. The van der Waals surface area contributed by atoms with Crippen LogP contribution in [0.3, 0.4) is 0 Å². The lowest BCUT2D eigenvalue weighted by Gasteiger charge is -2.27. The summed E-state index contributed by atoms with van der Waals surface area (Å²) in [4.78, 5) is 0. The Labute approximate surface area is 105 Å². The number of hydrogen-bond acceptors (Lipinski definition) is 1. The third-order valence-corrected chi connectivity index (χ3v) is 4.78. The average molecular weight is 229 g/mol. The highest BCUT2D eigenvalue weighted by molar-refractivity contribution is 5.23. The van der Waals surface area contributed by atoms with Crippen molar-refractivity contribution in [1.82, 2.24) is 5.32 Å². The van der Waals surface area contributed by atoms with Gasteiger partial charge in [-0.25, -0.2) is 0 Å². The second-order valence-corrected chi connectivity index (χ2v) is 6.08. The first kappa shape index (κ1) is 11.3. The summed E-state index contributed by atoms with van der Waals surface area (Å²) in [5.74, 6) is 2.00. The van der Waals surface area contributed by atoms with Crippen LogP contribution >= 0.6 is 0 Å². The third-order valence-electron chi connectivity index (χ3n) is 4.78. The van der Waals surface area contributed by atoms with Crippen molar-refractivity contribution in [2.24, 2.45) is 11.8 Å². The molecule has 0 heterocycles. The summed E-state index contributed by atoms with van der Waals surface area (Å²) in [6.45, 7) is 4.45. The molecule has 2 bridgehead atoms. The number of aryl methyl sites for hydroxylation is 1. The first-order valence-electron chi connectivity index (χ1n) is 7.05. The Bertz CT molecular complexity index is 381. The Morgan fingerprint density at radius 3 is 2.47 bits per heavy atom. The van der Waals surface area contributed by atoms with Gasteiger partial charge in [-0.05, 0) is 50.5 Å². The van der Waals surface area contributed by atoms with Gasteiger partial charge in [-0.15, -0.1) is 0 Å². The van der Waals surface area contributed by atoms with Gasteiger partial charge in [-0.1, -0.05) is 36.2 Å². The zero-order valence-corrected chi connectivity index (χ0v) is 10.9. The van der Waals surface area contributed by atoms with Crippen LogP contribution < -0.4 is 5.32 Å². The molecule has 2 aliphatic rings. The van der Waals surface area contributed by atoms with E-state index in [4.69, 9.17) is 0 Å². The molecule has 1 heteroatoms. The van der Waals surface area contributed by atoms with Gasteiger partial charge in [-0.3, -0.25) is 0 Å². The monoisotopic (exact) mass is 229 g/mol. The van der Waals surface area contributed by atoms with E-state index in [1.807, 2.05) is 0 Å². The molecule has 0 radical (unpaired) electrons. The molecule has 0 spiro atoms. The summed E-state index contributed by atoms with van der Waals surface area (Å²) in [5.41, 5.74) is 2.78. The van der Waals surface area contributed by atoms with Crippen LogP contribution in [0.1, 0.15) is 49.8 Å². The molecule has 1 N–H and O–H groups in total. The summed E-state index contributed by atoms with van der Waals surface area (Å²) in [5, 5.41) is 3.85. The predicted octanol–water partition coefficient (Wildman–Crippen LogP) is 3.83. The molecule has 4 atom stereocenters. The molecule has 3 rings (SSSR count). The highest BCUT2D eigenvalue weighted by Gasteiger charge is 2.39. The van der Waals surface area contributed by atoms with Crippen molar-refractivity contribution in [3.63, 3.8) is 0 Å². The van der Waals surface area contributed by atoms with E-state index in [2.05, 4.69) is 43.4 Å². The largest absolute Gasteiger partial charge is 0.307 e. The van der Waals surface area contributed by atoms with E-state index in [1.54, 1.807) is 0 Å².